The van der Waals surface area contributed by atoms with E-state index in [2.05, 4.69) is 20.5 Å². The van der Waals surface area contributed by atoms with Gasteiger partial charge in [-0.15, -0.1) is 24.0 Å². The summed E-state index contributed by atoms with van der Waals surface area (Å²) >= 11 is 0. The summed E-state index contributed by atoms with van der Waals surface area (Å²) in [7, 11) is 1.73. The van der Waals surface area contributed by atoms with Gasteiger partial charge in [-0.25, -0.2) is 8.78 Å². The van der Waals surface area contributed by atoms with E-state index in [4.69, 9.17) is 4.74 Å². The van der Waals surface area contributed by atoms with Crippen molar-refractivity contribution in [3.63, 3.8) is 0 Å². The van der Waals surface area contributed by atoms with Crippen molar-refractivity contribution in [3.8, 4) is 0 Å². The van der Waals surface area contributed by atoms with Gasteiger partial charge in [0, 0.05) is 56.9 Å². The molecule has 2 aliphatic rings. The molecule has 1 aliphatic heterocycles. The van der Waals surface area contributed by atoms with Gasteiger partial charge in [0.05, 0.1) is 6.61 Å². The second kappa shape index (κ2) is 11.3. The summed E-state index contributed by atoms with van der Waals surface area (Å²) in [4.78, 5) is 6.92. The van der Waals surface area contributed by atoms with Crippen LogP contribution in [0.25, 0.3) is 0 Å². The minimum atomic E-state index is -0.463. The fourth-order valence-electron chi connectivity index (χ4n) is 3.72. The Morgan fingerprint density at radius 3 is 2.50 bits per heavy atom. The number of benzene rings is 1. The summed E-state index contributed by atoms with van der Waals surface area (Å²) in [6.07, 6.45) is 2.81. The van der Waals surface area contributed by atoms with Crippen molar-refractivity contribution in [3.05, 3.63) is 35.4 Å². The Bertz CT molecular complexity index is 633. The van der Waals surface area contributed by atoms with Gasteiger partial charge in [0.1, 0.15) is 11.6 Å². The predicted molar refractivity (Wildman–Crippen MR) is 119 cm³/mol. The maximum absolute atomic E-state index is 14.0. The zero-order chi connectivity index (χ0) is 19.2. The van der Waals surface area contributed by atoms with Crippen LogP contribution in [0.1, 0.15) is 37.7 Å². The number of nitrogens with one attached hydrogen (secondary N) is 2. The van der Waals surface area contributed by atoms with Crippen molar-refractivity contribution in [2.75, 3.05) is 39.9 Å². The molecule has 1 aromatic carbocycles. The highest BCUT2D eigenvalue weighted by atomic mass is 127. The molecule has 1 heterocycles. The average molecular weight is 508 g/mol. The second-order valence-electron chi connectivity index (χ2n) is 7.30. The van der Waals surface area contributed by atoms with Gasteiger partial charge < -0.3 is 20.3 Å². The lowest BCUT2D eigenvalue weighted by Gasteiger charge is -2.33. The van der Waals surface area contributed by atoms with Crippen molar-refractivity contribution in [2.24, 2.45) is 4.99 Å². The maximum Gasteiger partial charge on any atom is 0.191 e. The molecular weight excluding hydrogens is 477 g/mol. The molecule has 2 unspecified atom stereocenters. The number of nitrogens with zero attached hydrogens (tertiary/aromatic N) is 2. The van der Waals surface area contributed by atoms with E-state index in [-0.39, 0.29) is 41.5 Å². The molecule has 2 N–H and O–H groups in total. The quantitative estimate of drug-likeness (QED) is 0.338. The molecule has 0 radical (unpaired) electrons. The average Bonchev–Trinajstić information content (AvgIpc) is 3.40. The summed E-state index contributed by atoms with van der Waals surface area (Å²) in [6.45, 7) is 6.44. The molecule has 1 saturated heterocycles. The van der Waals surface area contributed by atoms with E-state index in [0.29, 0.717) is 12.6 Å². The van der Waals surface area contributed by atoms with Crippen molar-refractivity contribution in [1.82, 2.24) is 15.5 Å². The Morgan fingerprint density at radius 1 is 1.21 bits per heavy atom. The van der Waals surface area contributed by atoms with Gasteiger partial charge >= 0.3 is 0 Å². The van der Waals surface area contributed by atoms with E-state index >= 15 is 0 Å². The Hall–Kier alpha value is -1.000. The number of hydrogen-bond donors (Lipinski definition) is 2. The monoisotopic (exact) mass is 508 g/mol. The lowest BCUT2D eigenvalue weighted by Crippen LogP contribution is -2.49. The predicted octanol–water partition coefficient (Wildman–Crippen LogP) is 3.10. The number of ether oxygens (including phenoxy) is 1. The first kappa shape index (κ1) is 23.3. The summed E-state index contributed by atoms with van der Waals surface area (Å²) in [5.74, 6) is -0.313. The molecular formula is C20H31F2IN4O. The Balaban J connectivity index is 0.00000280. The third-order valence-electron chi connectivity index (χ3n) is 5.34. The molecule has 2 fully saturated rings. The molecule has 5 nitrogen and oxygen atoms in total. The highest BCUT2D eigenvalue weighted by Gasteiger charge is 2.42. The summed E-state index contributed by atoms with van der Waals surface area (Å²) in [5, 5.41) is 6.86. The van der Waals surface area contributed by atoms with Gasteiger partial charge in [-0.1, -0.05) is 6.07 Å². The summed E-state index contributed by atoms with van der Waals surface area (Å²) in [6, 6.07) is 4.44. The number of aliphatic imine (C=N–C) groups is 1. The van der Waals surface area contributed by atoms with Crippen LogP contribution in [0.2, 0.25) is 0 Å². The Morgan fingerprint density at radius 2 is 1.89 bits per heavy atom. The third-order valence-corrected chi connectivity index (χ3v) is 5.34. The molecule has 3 rings (SSSR count). The van der Waals surface area contributed by atoms with Crippen molar-refractivity contribution < 1.29 is 13.5 Å². The summed E-state index contributed by atoms with van der Waals surface area (Å²) < 4.78 is 33.1. The number of halogens is 3. The Kier molecular flexibility index (Phi) is 9.36. The molecule has 0 bridgehead atoms. The molecule has 2 atom stereocenters. The minimum Gasteiger partial charge on any atom is -0.383 e. The van der Waals surface area contributed by atoms with E-state index in [1.165, 1.54) is 18.2 Å². The van der Waals surface area contributed by atoms with E-state index in [9.17, 15) is 8.78 Å². The van der Waals surface area contributed by atoms with Gasteiger partial charge in [0.2, 0.25) is 0 Å². The largest absolute Gasteiger partial charge is 0.383 e. The first-order valence-corrected chi connectivity index (χ1v) is 9.85. The first-order chi connectivity index (χ1) is 13.1. The molecule has 158 valence electrons. The minimum absolute atomic E-state index is 0. The van der Waals surface area contributed by atoms with Crippen LogP contribution in [0.4, 0.5) is 8.78 Å². The third kappa shape index (κ3) is 6.25. The number of rotatable bonds is 7. The molecule has 1 saturated carbocycles. The fraction of sp³-hybridized carbons (Fsp3) is 0.650. The van der Waals surface area contributed by atoms with Gasteiger partial charge in [0.25, 0.3) is 0 Å². The standard InChI is InChI=1S/C20H30F2N4O.HI/c1-3-23-20(24-14-7-9-26(10-8-14)11-12-27-2)25-18-13-15(18)19-16(21)5-4-6-17(19)22;/h4-6,14-15,18H,3,7-13H2,1-2H3,(H2,23,24,25);1H. The van der Waals surface area contributed by atoms with Crippen LogP contribution in [-0.4, -0.2) is 62.8 Å². The second-order valence-corrected chi connectivity index (χ2v) is 7.30. The number of hydrogen-bond acceptors (Lipinski definition) is 3. The highest BCUT2D eigenvalue weighted by Crippen LogP contribution is 2.43. The van der Waals surface area contributed by atoms with E-state index in [0.717, 1.165) is 51.5 Å². The number of guanidine groups is 1. The van der Waals surface area contributed by atoms with E-state index < -0.39 is 11.6 Å². The van der Waals surface area contributed by atoms with Crippen molar-refractivity contribution >= 4 is 29.9 Å². The van der Waals surface area contributed by atoms with Crippen LogP contribution in [0.15, 0.2) is 23.2 Å². The highest BCUT2D eigenvalue weighted by molar-refractivity contribution is 14.0. The molecule has 28 heavy (non-hydrogen) atoms. The molecule has 0 spiro atoms. The smallest absolute Gasteiger partial charge is 0.191 e. The fourth-order valence-corrected chi connectivity index (χ4v) is 3.72. The number of piperidine rings is 1. The van der Waals surface area contributed by atoms with Crippen LogP contribution in [-0.2, 0) is 4.74 Å². The van der Waals surface area contributed by atoms with E-state index in [1.807, 2.05) is 6.92 Å². The number of methoxy groups -OCH3 is 1. The van der Waals surface area contributed by atoms with Crippen molar-refractivity contribution in [1.29, 1.82) is 0 Å². The van der Waals surface area contributed by atoms with Crippen LogP contribution in [0.5, 0.6) is 0 Å². The molecule has 1 aliphatic carbocycles. The van der Waals surface area contributed by atoms with Crippen LogP contribution in [0.3, 0.4) is 0 Å². The van der Waals surface area contributed by atoms with E-state index in [1.54, 1.807) is 7.11 Å². The molecule has 8 heteroatoms. The summed E-state index contributed by atoms with van der Waals surface area (Å²) in [5.41, 5.74) is 0.192. The van der Waals surface area contributed by atoms with Gasteiger partial charge in [-0.05, 0) is 38.3 Å². The maximum atomic E-state index is 14.0. The zero-order valence-electron chi connectivity index (χ0n) is 16.6. The Labute approximate surface area is 183 Å². The van der Waals surface area contributed by atoms with Crippen LogP contribution in [0, 0.1) is 11.6 Å². The van der Waals surface area contributed by atoms with Gasteiger partial charge in [-0.3, -0.25) is 4.99 Å². The molecule has 1 aromatic rings. The topological polar surface area (TPSA) is 48.9 Å². The van der Waals surface area contributed by atoms with Crippen LogP contribution >= 0.6 is 24.0 Å². The molecule has 0 aromatic heterocycles. The van der Waals surface area contributed by atoms with Crippen LogP contribution < -0.4 is 10.6 Å². The SMILES string of the molecule is CCN=C(NC1CCN(CCOC)CC1)NC1CC1c1c(F)cccc1F.I. The molecule has 0 amide bonds. The van der Waals surface area contributed by atoms with Gasteiger partial charge in [-0.2, -0.15) is 0 Å². The number of likely N-dealkylation sites (tertiary alicyclic amines) is 1. The lowest BCUT2D eigenvalue weighted by atomic mass is 10.1. The van der Waals surface area contributed by atoms with Crippen molar-refractivity contribution in [2.45, 2.75) is 44.2 Å². The first-order valence-electron chi connectivity index (χ1n) is 9.85. The van der Waals surface area contributed by atoms with Gasteiger partial charge in [0.15, 0.2) is 5.96 Å². The zero-order valence-corrected chi connectivity index (χ0v) is 18.9. The normalized spacial score (nSPS) is 23.2. The lowest BCUT2D eigenvalue weighted by molar-refractivity contribution is 0.128.